The van der Waals surface area contributed by atoms with E-state index in [2.05, 4.69) is 5.43 Å². The highest BCUT2D eigenvalue weighted by molar-refractivity contribution is 6.09. The molecule has 3 aromatic carbocycles. The molecular weight excluding hydrogens is 400 g/mol. The van der Waals surface area contributed by atoms with E-state index in [1.807, 2.05) is 72.8 Å². The van der Waals surface area contributed by atoms with Gasteiger partial charge in [0.15, 0.2) is 0 Å². The molecular formula is C27H22N2O3. The van der Waals surface area contributed by atoms with Gasteiger partial charge in [0.25, 0.3) is 17.7 Å². The van der Waals surface area contributed by atoms with Gasteiger partial charge in [-0.3, -0.25) is 19.8 Å². The van der Waals surface area contributed by atoms with Crippen molar-refractivity contribution in [2.45, 2.75) is 11.8 Å². The average molecular weight is 422 g/mol. The topological polar surface area (TPSA) is 66.5 Å². The van der Waals surface area contributed by atoms with Crippen LogP contribution in [0.5, 0.6) is 0 Å². The predicted octanol–water partition coefficient (Wildman–Crippen LogP) is 4.07. The summed E-state index contributed by atoms with van der Waals surface area (Å²) in [6.07, 6.45) is 4.06. The Hall–Kier alpha value is -3.99. The van der Waals surface area contributed by atoms with Gasteiger partial charge < -0.3 is 0 Å². The Morgan fingerprint density at radius 2 is 1.03 bits per heavy atom. The molecule has 0 unspecified atom stereocenters. The predicted molar refractivity (Wildman–Crippen MR) is 120 cm³/mol. The number of carbonyl (C=O) groups is 3. The summed E-state index contributed by atoms with van der Waals surface area (Å²) in [4.78, 5) is 39.8. The molecule has 5 nitrogen and oxygen atoms in total. The van der Waals surface area contributed by atoms with Crippen molar-refractivity contribution in [3.63, 3.8) is 0 Å². The van der Waals surface area contributed by atoms with Gasteiger partial charge in [0.05, 0.1) is 11.8 Å². The minimum atomic E-state index is -0.587. The summed E-state index contributed by atoms with van der Waals surface area (Å²) in [6, 6.07) is 28.0. The van der Waals surface area contributed by atoms with Crippen molar-refractivity contribution in [3.05, 3.63) is 120 Å². The zero-order valence-corrected chi connectivity index (χ0v) is 17.3. The molecule has 0 bridgehead atoms. The number of nitrogens with one attached hydrogen (secondary N) is 1. The molecule has 0 spiro atoms. The van der Waals surface area contributed by atoms with E-state index in [1.54, 1.807) is 30.3 Å². The summed E-state index contributed by atoms with van der Waals surface area (Å²) in [5, 5.41) is 0.934. The van der Waals surface area contributed by atoms with Crippen LogP contribution in [0.2, 0.25) is 0 Å². The normalized spacial score (nSPS) is 24.3. The standard InChI is InChI=1S/C27H22N2O3/c30-25(20-14-8-3-9-15-20)28-29-26(31)23-21(18-10-4-1-5-11-18)16-17-22(24(23)27(29)32)19-12-6-2-7-13-19/h1-17,21-24H,(H,28,30)/t21-,22-,23+,24+/m0/s1. The molecule has 3 aromatic rings. The maximum Gasteiger partial charge on any atom is 0.270 e. The van der Waals surface area contributed by atoms with Gasteiger partial charge >= 0.3 is 0 Å². The van der Waals surface area contributed by atoms with Crippen molar-refractivity contribution < 1.29 is 14.4 Å². The Morgan fingerprint density at radius 1 is 0.625 bits per heavy atom. The number of imide groups is 1. The molecule has 0 saturated carbocycles. The van der Waals surface area contributed by atoms with E-state index >= 15 is 0 Å². The fourth-order valence-corrected chi connectivity index (χ4v) is 4.80. The second kappa shape index (κ2) is 8.27. The lowest BCUT2D eigenvalue weighted by Gasteiger charge is -2.32. The molecule has 5 heteroatoms. The third kappa shape index (κ3) is 3.42. The highest BCUT2D eigenvalue weighted by atomic mass is 16.2. The second-order valence-electron chi connectivity index (χ2n) is 8.13. The fourth-order valence-electron chi connectivity index (χ4n) is 4.80. The molecule has 4 atom stereocenters. The van der Waals surface area contributed by atoms with E-state index in [4.69, 9.17) is 0 Å². The van der Waals surface area contributed by atoms with Crippen LogP contribution >= 0.6 is 0 Å². The average Bonchev–Trinajstić information content (AvgIpc) is 3.10. The fraction of sp³-hybridized carbons (Fsp3) is 0.148. The van der Waals surface area contributed by atoms with Gasteiger partial charge in [0.2, 0.25) is 0 Å². The third-order valence-corrected chi connectivity index (χ3v) is 6.32. The SMILES string of the molecule is O=C(NN1C(=O)[C@H]2[C@H](C1=O)[C@H](c1ccccc1)C=C[C@H]2c1ccccc1)c1ccccc1. The number of amides is 3. The van der Waals surface area contributed by atoms with Gasteiger partial charge in [-0.25, -0.2) is 0 Å². The monoisotopic (exact) mass is 422 g/mol. The molecule has 158 valence electrons. The number of hydrogen-bond donors (Lipinski definition) is 1. The highest BCUT2D eigenvalue weighted by Gasteiger charge is 2.55. The zero-order chi connectivity index (χ0) is 22.1. The molecule has 1 saturated heterocycles. The number of fused-ring (bicyclic) bond motifs is 1. The molecule has 1 fully saturated rings. The maximum atomic E-state index is 13.5. The van der Waals surface area contributed by atoms with Crippen molar-refractivity contribution in [1.82, 2.24) is 10.4 Å². The highest BCUT2D eigenvalue weighted by Crippen LogP contribution is 2.48. The van der Waals surface area contributed by atoms with Crippen LogP contribution in [0.3, 0.4) is 0 Å². The van der Waals surface area contributed by atoms with Crippen molar-refractivity contribution in [2.75, 3.05) is 0 Å². The lowest BCUT2D eigenvalue weighted by Crippen LogP contribution is -2.46. The molecule has 5 rings (SSSR count). The van der Waals surface area contributed by atoms with Gasteiger partial charge in [-0.2, -0.15) is 5.01 Å². The first-order chi connectivity index (χ1) is 15.6. The quantitative estimate of drug-likeness (QED) is 0.509. The second-order valence-corrected chi connectivity index (χ2v) is 8.13. The van der Waals surface area contributed by atoms with Gasteiger partial charge in [-0.15, -0.1) is 0 Å². The first-order valence-electron chi connectivity index (χ1n) is 10.7. The molecule has 2 aliphatic rings. The van der Waals surface area contributed by atoms with Crippen LogP contribution in [0.1, 0.15) is 33.3 Å². The summed E-state index contributed by atoms with van der Waals surface area (Å²) in [7, 11) is 0. The van der Waals surface area contributed by atoms with E-state index in [9.17, 15) is 14.4 Å². The molecule has 1 aliphatic carbocycles. The number of allylic oxidation sites excluding steroid dienone is 2. The Bertz CT molecular complexity index is 1110. The van der Waals surface area contributed by atoms with Gasteiger partial charge in [-0.1, -0.05) is 91.0 Å². The lowest BCUT2D eigenvalue weighted by molar-refractivity contribution is -0.142. The van der Waals surface area contributed by atoms with Gasteiger partial charge in [-0.05, 0) is 23.3 Å². The van der Waals surface area contributed by atoms with Crippen LogP contribution in [0.4, 0.5) is 0 Å². The van der Waals surface area contributed by atoms with E-state index in [1.165, 1.54) is 0 Å². The Balaban J connectivity index is 1.53. The third-order valence-electron chi connectivity index (χ3n) is 6.32. The van der Waals surface area contributed by atoms with Crippen molar-refractivity contribution >= 4 is 17.7 Å². The molecule has 1 aliphatic heterocycles. The van der Waals surface area contributed by atoms with Crippen LogP contribution in [-0.4, -0.2) is 22.7 Å². The largest absolute Gasteiger partial charge is 0.272 e. The van der Waals surface area contributed by atoms with E-state index in [0.29, 0.717) is 5.56 Å². The van der Waals surface area contributed by atoms with Crippen molar-refractivity contribution in [1.29, 1.82) is 0 Å². The van der Waals surface area contributed by atoms with Gasteiger partial charge in [0.1, 0.15) is 0 Å². The van der Waals surface area contributed by atoms with E-state index in [-0.39, 0.29) is 23.7 Å². The number of benzene rings is 3. The van der Waals surface area contributed by atoms with Crippen molar-refractivity contribution in [3.8, 4) is 0 Å². The molecule has 1 N–H and O–H groups in total. The number of hydrazine groups is 1. The summed E-state index contributed by atoms with van der Waals surface area (Å²) < 4.78 is 0. The van der Waals surface area contributed by atoms with Gasteiger partial charge in [0, 0.05) is 17.4 Å². The summed E-state index contributed by atoms with van der Waals surface area (Å²) >= 11 is 0. The minimum absolute atomic E-state index is 0.240. The first-order valence-corrected chi connectivity index (χ1v) is 10.7. The molecule has 0 radical (unpaired) electrons. The van der Waals surface area contributed by atoms with Crippen LogP contribution in [-0.2, 0) is 9.59 Å². The zero-order valence-electron chi connectivity index (χ0n) is 17.3. The van der Waals surface area contributed by atoms with Crippen LogP contribution < -0.4 is 5.43 Å². The molecule has 32 heavy (non-hydrogen) atoms. The van der Waals surface area contributed by atoms with Crippen LogP contribution in [0.15, 0.2) is 103 Å². The summed E-state index contributed by atoms with van der Waals surface area (Å²) in [5.41, 5.74) is 4.90. The Kier molecular flexibility index (Phi) is 5.15. The number of nitrogens with zero attached hydrogens (tertiary/aromatic N) is 1. The molecule has 1 heterocycles. The molecule has 0 aromatic heterocycles. The lowest BCUT2D eigenvalue weighted by atomic mass is 9.68. The van der Waals surface area contributed by atoms with E-state index in [0.717, 1.165) is 16.1 Å². The Labute approximate surface area is 186 Å². The van der Waals surface area contributed by atoms with Crippen LogP contribution in [0.25, 0.3) is 0 Å². The first kappa shape index (κ1) is 19.9. The summed E-state index contributed by atoms with van der Waals surface area (Å²) in [5.74, 6) is -2.88. The number of carbonyl (C=O) groups excluding carboxylic acids is 3. The molecule has 3 amide bonds. The Morgan fingerprint density at radius 3 is 1.47 bits per heavy atom. The minimum Gasteiger partial charge on any atom is -0.272 e. The summed E-state index contributed by atoms with van der Waals surface area (Å²) in [6.45, 7) is 0. The smallest absolute Gasteiger partial charge is 0.270 e. The maximum absolute atomic E-state index is 13.5. The van der Waals surface area contributed by atoms with Crippen LogP contribution in [0, 0.1) is 11.8 Å². The van der Waals surface area contributed by atoms with E-state index < -0.39 is 17.7 Å². The van der Waals surface area contributed by atoms with Crippen molar-refractivity contribution in [2.24, 2.45) is 11.8 Å². The number of rotatable bonds is 4. The number of hydrogen-bond acceptors (Lipinski definition) is 3.